The van der Waals surface area contributed by atoms with E-state index in [2.05, 4.69) is 24.8 Å². The normalized spacial score (nSPS) is 12.0. The van der Waals surface area contributed by atoms with Crippen LogP contribution in [0.5, 0.6) is 0 Å². The van der Waals surface area contributed by atoms with Gasteiger partial charge in [-0.3, -0.25) is 0 Å². The Morgan fingerprint density at radius 3 is 2.00 bits per heavy atom. The van der Waals surface area contributed by atoms with Gasteiger partial charge in [0.2, 0.25) is 0 Å². The molecule has 3 aromatic rings. The van der Waals surface area contributed by atoms with Gasteiger partial charge in [0.25, 0.3) is 0 Å². The maximum atomic E-state index is 13.7. The SMILES string of the molecule is C=C/C(F)=C\c1c(C)c2ccccc2c2ccccc12. The maximum Gasteiger partial charge on any atom is 0.123 e. The van der Waals surface area contributed by atoms with Crippen molar-refractivity contribution in [3.8, 4) is 0 Å². The van der Waals surface area contributed by atoms with Crippen molar-refractivity contribution < 1.29 is 4.39 Å². The average molecular weight is 262 g/mol. The third-order valence-electron chi connectivity index (χ3n) is 3.72. The first-order valence-corrected chi connectivity index (χ1v) is 6.62. The van der Waals surface area contributed by atoms with Crippen molar-refractivity contribution in [3.63, 3.8) is 0 Å². The van der Waals surface area contributed by atoms with E-state index in [1.54, 1.807) is 6.08 Å². The minimum Gasteiger partial charge on any atom is -0.207 e. The lowest BCUT2D eigenvalue weighted by atomic mass is 9.92. The fourth-order valence-electron chi connectivity index (χ4n) is 2.73. The Hall–Kier alpha value is -2.41. The molecule has 0 nitrogen and oxygen atoms in total. The number of aryl methyl sites for hydroxylation is 1. The minimum atomic E-state index is -0.312. The summed E-state index contributed by atoms with van der Waals surface area (Å²) < 4.78 is 13.7. The molecule has 98 valence electrons. The maximum absolute atomic E-state index is 13.7. The molecule has 3 rings (SSSR count). The van der Waals surface area contributed by atoms with Crippen LogP contribution in [0.25, 0.3) is 27.6 Å². The van der Waals surface area contributed by atoms with Crippen LogP contribution in [0.1, 0.15) is 11.1 Å². The van der Waals surface area contributed by atoms with Gasteiger partial charge >= 0.3 is 0 Å². The third kappa shape index (κ3) is 1.92. The summed E-state index contributed by atoms with van der Waals surface area (Å²) in [5.74, 6) is -0.312. The van der Waals surface area contributed by atoms with E-state index in [4.69, 9.17) is 0 Å². The number of allylic oxidation sites excluding steroid dienone is 2. The number of hydrogen-bond donors (Lipinski definition) is 0. The Labute approximate surface area is 117 Å². The average Bonchev–Trinajstić information content (AvgIpc) is 2.51. The number of fused-ring (bicyclic) bond motifs is 3. The summed E-state index contributed by atoms with van der Waals surface area (Å²) in [4.78, 5) is 0. The molecule has 20 heavy (non-hydrogen) atoms. The molecule has 0 aliphatic carbocycles. The second-order valence-electron chi connectivity index (χ2n) is 4.86. The fourth-order valence-corrected chi connectivity index (χ4v) is 2.73. The number of rotatable bonds is 2. The van der Waals surface area contributed by atoms with E-state index in [1.807, 2.05) is 37.3 Å². The van der Waals surface area contributed by atoms with Crippen molar-refractivity contribution in [3.05, 3.63) is 78.1 Å². The van der Waals surface area contributed by atoms with Gasteiger partial charge in [-0.1, -0.05) is 55.1 Å². The zero-order chi connectivity index (χ0) is 14.1. The Morgan fingerprint density at radius 1 is 0.900 bits per heavy atom. The summed E-state index contributed by atoms with van der Waals surface area (Å²) in [6, 6.07) is 16.4. The summed E-state index contributed by atoms with van der Waals surface area (Å²) in [5.41, 5.74) is 2.02. The van der Waals surface area contributed by atoms with Crippen molar-refractivity contribution in [2.45, 2.75) is 6.92 Å². The lowest BCUT2D eigenvalue weighted by molar-refractivity contribution is 0.675. The van der Waals surface area contributed by atoms with Crippen LogP contribution in [0.3, 0.4) is 0 Å². The van der Waals surface area contributed by atoms with E-state index in [-0.39, 0.29) is 5.83 Å². The van der Waals surface area contributed by atoms with Crippen LogP contribution >= 0.6 is 0 Å². The van der Waals surface area contributed by atoms with Gasteiger partial charge in [0.05, 0.1) is 0 Å². The molecule has 0 saturated carbocycles. The third-order valence-corrected chi connectivity index (χ3v) is 3.72. The predicted octanol–water partition coefficient (Wildman–Crippen LogP) is 5.80. The van der Waals surface area contributed by atoms with E-state index < -0.39 is 0 Å². The van der Waals surface area contributed by atoms with Crippen LogP contribution in [0.2, 0.25) is 0 Å². The summed E-state index contributed by atoms with van der Waals surface area (Å²) >= 11 is 0. The molecule has 3 aromatic carbocycles. The van der Waals surface area contributed by atoms with Crippen LogP contribution in [-0.2, 0) is 0 Å². The quantitative estimate of drug-likeness (QED) is 0.404. The summed E-state index contributed by atoms with van der Waals surface area (Å²) in [7, 11) is 0. The monoisotopic (exact) mass is 262 g/mol. The standard InChI is InChI=1S/C19H15F/c1-3-14(20)12-19-13(2)15-8-4-5-9-16(15)17-10-6-7-11-18(17)19/h3-12H,1H2,2H3/b14-12+. The van der Waals surface area contributed by atoms with Crippen molar-refractivity contribution in [2.75, 3.05) is 0 Å². The largest absolute Gasteiger partial charge is 0.207 e. The molecule has 0 radical (unpaired) electrons. The molecule has 0 aromatic heterocycles. The molecule has 0 N–H and O–H groups in total. The highest BCUT2D eigenvalue weighted by atomic mass is 19.1. The van der Waals surface area contributed by atoms with Gasteiger partial charge in [0, 0.05) is 0 Å². The molecule has 0 unspecified atom stereocenters. The van der Waals surface area contributed by atoms with Crippen LogP contribution in [0, 0.1) is 6.92 Å². The smallest absolute Gasteiger partial charge is 0.123 e. The van der Waals surface area contributed by atoms with Gasteiger partial charge in [0.15, 0.2) is 0 Å². The van der Waals surface area contributed by atoms with Gasteiger partial charge in [-0.25, -0.2) is 4.39 Å². The first-order valence-electron chi connectivity index (χ1n) is 6.62. The van der Waals surface area contributed by atoms with Gasteiger partial charge in [-0.15, -0.1) is 0 Å². The molecule has 0 spiro atoms. The molecular weight excluding hydrogens is 247 g/mol. The minimum absolute atomic E-state index is 0.312. The van der Waals surface area contributed by atoms with Crippen LogP contribution in [-0.4, -0.2) is 0 Å². The number of benzene rings is 3. The van der Waals surface area contributed by atoms with E-state index in [1.165, 1.54) is 11.5 Å². The van der Waals surface area contributed by atoms with Crippen molar-refractivity contribution in [1.29, 1.82) is 0 Å². The van der Waals surface area contributed by atoms with Gasteiger partial charge in [-0.2, -0.15) is 0 Å². The zero-order valence-corrected chi connectivity index (χ0v) is 11.4. The molecular formula is C19H15F. The van der Waals surface area contributed by atoms with Gasteiger partial charge in [0.1, 0.15) is 5.83 Å². The van der Waals surface area contributed by atoms with Gasteiger partial charge < -0.3 is 0 Å². The Balaban J connectivity index is 2.54. The van der Waals surface area contributed by atoms with E-state index in [0.29, 0.717) is 0 Å². The highest BCUT2D eigenvalue weighted by Crippen LogP contribution is 2.33. The molecule has 0 bridgehead atoms. The first kappa shape index (κ1) is 12.6. The molecule has 0 aliphatic heterocycles. The lowest BCUT2D eigenvalue weighted by Gasteiger charge is -2.12. The number of hydrogen-bond acceptors (Lipinski definition) is 0. The fraction of sp³-hybridized carbons (Fsp3) is 0.0526. The van der Waals surface area contributed by atoms with Crippen molar-refractivity contribution >= 4 is 27.6 Å². The lowest BCUT2D eigenvalue weighted by Crippen LogP contribution is -1.89. The van der Waals surface area contributed by atoms with E-state index >= 15 is 0 Å². The molecule has 1 heteroatoms. The van der Waals surface area contributed by atoms with Crippen LogP contribution in [0.15, 0.2) is 67.0 Å². The predicted molar refractivity (Wildman–Crippen MR) is 85.5 cm³/mol. The molecule has 0 saturated heterocycles. The van der Waals surface area contributed by atoms with Crippen molar-refractivity contribution in [2.24, 2.45) is 0 Å². The van der Waals surface area contributed by atoms with Crippen LogP contribution in [0.4, 0.5) is 4.39 Å². The Morgan fingerprint density at radius 2 is 1.40 bits per heavy atom. The van der Waals surface area contributed by atoms with E-state index in [9.17, 15) is 4.39 Å². The Bertz CT molecular complexity index is 841. The molecule has 0 aliphatic rings. The highest BCUT2D eigenvalue weighted by molar-refractivity contribution is 6.12. The molecule has 0 heterocycles. The summed E-state index contributed by atoms with van der Waals surface area (Å²) in [5, 5.41) is 4.59. The second kappa shape index (κ2) is 4.93. The highest BCUT2D eigenvalue weighted by Gasteiger charge is 2.09. The number of halogens is 1. The molecule has 0 amide bonds. The molecule has 0 fully saturated rings. The topological polar surface area (TPSA) is 0 Å². The first-order chi connectivity index (χ1) is 9.72. The van der Waals surface area contributed by atoms with Crippen LogP contribution < -0.4 is 0 Å². The van der Waals surface area contributed by atoms with Gasteiger partial charge in [-0.05, 0) is 51.7 Å². The Kier molecular flexibility index (Phi) is 3.11. The van der Waals surface area contributed by atoms with Crippen molar-refractivity contribution in [1.82, 2.24) is 0 Å². The zero-order valence-electron chi connectivity index (χ0n) is 11.4. The molecule has 0 atom stereocenters. The summed E-state index contributed by atoms with van der Waals surface area (Å²) in [6.45, 7) is 5.52. The summed E-state index contributed by atoms with van der Waals surface area (Å²) in [6.07, 6.45) is 2.81. The van der Waals surface area contributed by atoms with E-state index in [0.717, 1.165) is 27.3 Å². The second-order valence-corrected chi connectivity index (χ2v) is 4.86.